The number of hydrogen-bond acceptors (Lipinski definition) is 4. The molecule has 0 spiro atoms. The summed E-state index contributed by atoms with van der Waals surface area (Å²) in [7, 11) is 0. The minimum Gasteiger partial charge on any atom is -0.369 e. The van der Waals surface area contributed by atoms with Crippen LogP contribution in [0.15, 0.2) is 109 Å². The molecule has 1 saturated heterocycles. The molecule has 2 heterocycles. The van der Waals surface area contributed by atoms with Crippen LogP contribution in [0.4, 0.5) is 5.69 Å². The minimum absolute atomic E-state index is 0.721. The van der Waals surface area contributed by atoms with Crippen molar-refractivity contribution in [2.24, 2.45) is 0 Å². The molecule has 0 atom stereocenters. The molecule has 1 aromatic heterocycles. The summed E-state index contributed by atoms with van der Waals surface area (Å²) in [5.41, 5.74) is 9.12. The van der Waals surface area contributed by atoms with Crippen LogP contribution >= 0.6 is 0 Å². The fourth-order valence-electron chi connectivity index (χ4n) is 5.28. The first kappa shape index (κ1) is 23.1. The van der Waals surface area contributed by atoms with Gasteiger partial charge in [-0.1, -0.05) is 66.7 Å². The van der Waals surface area contributed by atoms with Crippen molar-refractivity contribution >= 4 is 22.9 Å². The molecule has 0 bridgehead atoms. The molecule has 0 radical (unpaired) electrons. The molecule has 6 rings (SSSR count). The molecule has 4 nitrogen and oxygen atoms in total. The van der Waals surface area contributed by atoms with E-state index in [0.717, 1.165) is 61.0 Å². The monoisotopic (exact) mass is 483 g/mol. The average Bonchev–Trinajstić information content (AvgIpc) is 2.98. The molecule has 0 amide bonds. The van der Waals surface area contributed by atoms with E-state index in [1.807, 2.05) is 36.5 Å². The number of fused-ring (bicyclic) bond motifs is 1. The van der Waals surface area contributed by atoms with Crippen molar-refractivity contribution < 1.29 is 4.79 Å². The summed E-state index contributed by atoms with van der Waals surface area (Å²) in [4.78, 5) is 20.6. The van der Waals surface area contributed by atoms with Crippen molar-refractivity contribution in [1.29, 1.82) is 0 Å². The number of carbonyl (C=O) groups is 1. The van der Waals surface area contributed by atoms with Gasteiger partial charge in [0.2, 0.25) is 0 Å². The van der Waals surface area contributed by atoms with Crippen LogP contribution < -0.4 is 4.90 Å². The summed E-state index contributed by atoms with van der Waals surface area (Å²) < 4.78 is 0. The van der Waals surface area contributed by atoms with E-state index in [9.17, 15) is 4.79 Å². The number of rotatable bonds is 6. The van der Waals surface area contributed by atoms with Crippen molar-refractivity contribution in [3.63, 3.8) is 0 Å². The Labute approximate surface area is 217 Å². The first-order valence-corrected chi connectivity index (χ1v) is 12.8. The number of pyridine rings is 1. The van der Waals surface area contributed by atoms with Gasteiger partial charge in [0, 0.05) is 61.1 Å². The van der Waals surface area contributed by atoms with Crippen LogP contribution in [-0.4, -0.2) is 42.3 Å². The first-order valence-electron chi connectivity index (χ1n) is 12.8. The van der Waals surface area contributed by atoms with Gasteiger partial charge in [-0.25, -0.2) is 0 Å². The zero-order valence-electron chi connectivity index (χ0n) is 20.8. The molecule has 0 aliphatic carbocycles. The van der Waals surface area contributed by atoms with Crippen LogP contribution in [0.2, 0.25) is 0 Å². The second kappa shape index (κ2) is 10.4. The van der Waals surface area contributed by atoms with Crippen LogP contribution in [0.3, 0.4) is 0 Å². The van der Waals surface area contributed by atoms with Gasteiger partial charge in [-0.3, -0.25) is 14.7 Å². The zero-order valence-corrected chi connectivity index (χ0v) is 20.8. The highest BCUT2D eigenvalue weighted by atomic mass is 16.1. The summed E-state index contributed by atoms with van der Waals surface area (Å²) in [6.45, 7) is 4.86. The predicted octanol–water partition coefficient (Wildman–Crippen LogP) is 6.70. The van der Waals surface area contributed by atoms with Crippen molar-refractivity contribution in [3.05, 3.63) is 120 Å². The van der Waals surface area contributed by atoms with E-state index in [1.165, 1.54) is 27.9 Å². The van der Waals surface area contributed by atoms with E-state index < -0.39 is 0 Å². The van der Waals surface area contributed by atoms with Crippen LogP contribution in [0.5, 0.6) is 0 Å². The number of hydrogen-bond donors (Lipinski definition) is 0. The third kappa shape index (κ3) is 4.89. The fourth-order valence-corrected chi connectivity index (χ4v) is 5.28. The summed E-state index contributed by atoms with van der Waals surface area (Å²) in [6, 6.07) is 35.8. The molecular weight excluding hydrogens is 454 g/mol. The highest BCUT2D eigenvalue weighted by Gasteiger charge is 2.19. The maximum Gasteiger partial charge on any atom is 0.150 e. The second-order valence-corrected chi connectivity index (χ2v) is 9.59. The highest BCUT2D eigenvalue weighted by molar-refractivity contribution is 5.89. The molecule has 4 aromatic carbocycles. The van der Waals surface area contributed by atoms with E-state index in [2.05, 4.69) is 82.6 Å². The first-order chi connectivity index (χ1) is 18.3. The van der Waals surface area contributed by atoms with E-state index >= 15 is 0 Å². The maximum absolute atomic E-state index is 11.0. The molecule has 4 heteroatoms. The second-order valence-electron chi connectivity index (χ2n) is 9.59. The van der Waals surface area contributed by atoms with Crippen LogP contribution in [0.1, 0.15) is 15.9 Å². The lowest BCUT2D eigenvalue weighted by Crippen LogP contribution is -2.46. The minimum atomic E-state index is 0.721. The zero-order chi connectivity index (χ0) is 25.0. The predicted molar refractivity (Wildman–Crippen MR) is 152 cm³/mol. The molecule has 1 fully saturated rings. The molecule has 182 valence electrons. The van der Waals surface area contributed by atoms with Crippen molar-refractivity contribution in [2.75, 3.05) is 31.1 Å². The Bertz CT molecular complexity index is 1540. The number of benzene rings is 4. The quantitative estimate of drug-likeness (QED) is 0.252. The lowest BCUT2D eigenvalue weighted by molar-refractivity contribution is 0.112. The number of aromatic nitrogens is 1. The van der Waals surface area contributed by atoms with Crippen molar-refractivity contribution in [3.8, 4) is 22.3 Å². The number of nitrogens with zero attached hydrogens (tertiary/aromatic N) is 3. The number of aldehydes is 1. The van der Waals surface area contributed by atoms with Gasteiger partial charge in [0.05, 0.1) is 5.52 Å². The van der Waals surface area contributed by atoms with Gasteiger partial charge in [0.25, 0.3) is 0 Å². The Morgan fingerprint density at radius 1 is 0.703 bits per heavy atom. The molecule has 5 aromatic rings. The lowest BCUT2D eigenvalue weighted by atomic mass is 9.91. The SMILES string of the molecule is O=Cc1ccc(N2CCN(Cc3ccccc3-c3ccccc3-c3cnc4ccccc4c3)CC2)cc1. The van der Waals surface area contributed by atoms with Crippen LogP contribution in [0.25, 0.3) is 33.2 Å². The van der Waals surface area contributed by atoms with E-state index in [4.69, 9.17) is 4.98 Å². The third-order valence-electron chi connectivity index (χ3n) is 7.30. The van der Waals surface area contributed by atoms with E-state index in [1.54, 1.807) is 0 Å². The third-order valence-corrected chi connectivity index (χ3v) is 7.30. The summed E-state index contributed by atoms with van der Waals surface area (Å²) in [5.74, 6) is 0. The fraction of sp³-hybridized carbons (Fsp3) is 0.152. The Morgan fingerprint density at radius 2 is 1.38 bits per heavy atom. The Morgan fingerprint density at radius 3 is 2.16 bits per heavy atom. The van der Waals surface area contributed by atoms with E-state index in [-0.39, 0.29) is 0 Å². The van der Waals surface area contributed by atoms with Gasteiger partial charge in [-0.15, -0.1) is 0 Å². The maximum atomic E-state index is 11.0. The largest absolute Gasteiger partial charge is 0.369 e. The van der Waals surface area contributed by atoms with Gasteiger partial charge in [0.15, 0.2) is 0 Å². The number of piperazine rings is 1. The summed E-state index contributed by atoms with van der Waals surface area (Å²) in [6.07, 6.45) is 2.89. The molecule has 1 aliphatic heterocycles. The lowest BCUT2D eigenvalue weighted by Gasteiger charge is -2.36. The smallest absolute Gasteiger partial charge is 0.150 e. The Hall–Kier alpha value is -4.28. The van der Waals surface area contributed by atoms with Gasteiger partial charge < -0.3 is 4.90 Å². The Kier molecular flexibility index (Phi) is 6.49. The van der Waals surface area contributed by atoms with Crippen molar-refractivity contribution in [1.82, 2.24) is 9.88 Å². The number of para-hydroxylation sites is 1. The molecule has 0 N–H and O–H groups in total. The standard InChI is InChI=1S/C33H29N3O/c37-24-25-13-15-29(16-14-25)36-19-17-35(18-20-36)23-27-8-1-3-9-30(27)32-11-5-4-10-31(32)28-21-26-7-2-6-12-33(26)34-22-28/h1-16,21-22,24H,17-20,23H2. The number of anilines is 1. The van der Waals surface area contributed by atoms with Gasteiger partial charge >= 0.3 is 0 Å². The Balaban J connectivity index is 1.24. The van der Waals surface area contributed by atoms with Crippen molar-refractivity contribution in [2.45, 2.75) is 6.54 Å². The topological polar surface area (TPSA) is 36.4 Å². The number of carbonyl (C=O) groups excluding carboxylic acids is 1. The van der Waals surface area contributed by atoms with Crippen LogP contribution in [0, 0.1) is 0 Å². The normalized spacial score (nSPS) is 14.1. The molecule has 0 unspecified atom stereocenters. The highest BCUT2D eigenvalue weighted by Crippen LogP contribution is 2.35. The van der Waals surface area contributed by atoms with Crippen LogP contribution in [-0.2, 0) is 6.54 Å². The summed E-state index contributed by atoms with van der Waals surface area (Å²) in [5, 5.41) is 1.15. The average molecular weight is 484 g/mol. The van der Waals surface area contributed by atoms with E-state index in [0.29, 0.717) is 0 Å². The molecule has 0 saturated carbocycles. The molecule has 1 aliphatic rings. The van der Waals surface area contributed by atoms with Gasteiger partial charge in [-0.05, 0) is 58.7 Å². The summed E-state index contributed by atoms with van der Waals surface area (Å²) >= 11 is 0. The van der Waals surface area contributed by atoms with Gasteiger partial charge in [0.1, 0.15) is 6.29 Å². The van der Waals surface area contributed by atoms with Gasteiger partial charge in [-0.2, -0.15) is 0 Å². The molecular formula is C33H29N3O. The molecule has 37 heavy (non-hydrogen) atoms.